The number of nitrogens with one attached hydrogen (secondary N) is 1. The molecule has 0 aliphatic carbocycles. The van der Waals surface area contributed by atoms with Crippen molar-refractivity contribution >= 4 is 11.6 Å². The first-order chi connectivity index (χ1) is 13.3. The van der Waals surface area contributed by atoms with Gasteiger partial charge < -0.3 is 5.32 Å². The number of rotatable bonds is 4. The molecule has 2 aromatic carbocycles. The Kier molecular flexibility index (Phi) is 6.69. The molecule has 28 heavy (non-hydrogen) atoms. The lowest BCUT2D eigenvalue weighted by molar-refractivity contribution is -0.137. The van der Waals surface area contributed by atoms with Crippen LogP contribution in [0.2, 0.25) is 5.02 Å². The number of alkyl halides is 3. The maximum atomic E-state index is 13.3. The summed E-state index contributed by atoms with van der Waals surface area (Å²) in [5.41, 5.74) is 2.02. The third kappa shape index (κ3) is 4.88. The molecule has 0 radical (unpaired) electrons. The SMILES string of the molecule is CC(C)c1ccc(C(c2cc(C(F)(F)F)ccc2Cl)N2CCCNCC2)cc1. The molecule has 0 bridgehead atoms. The summed E-state index contributed by atoms with van der Waals surface area (Å²) in [5.74, 6) is 0.395. The highest BCUT2D eigenvalue weighted by Crippen LogP contribution is 2.38. The van der Waals surface area contributed by atoms with Crippen LogP contribution >= 0.6 is 11.6 Å². The van der Waals surface area contributed by atoms with Crippen LogP contribution < -0.4 is 5.32 Å². The second-order valence-electron chi connectivity index (χ2n) is 7.60. The quantitative estimate of drug-likeness (QED) is 0.678. The Balaban J connectivity index is 2.08. The molecule has 1 unspecified atom stereocenters. The molecule has 1 heterocycles. The van der Waals surface area contributed by atoms with Crippen molar-refractivity contribution in [2.75, 3.05) is 26.2 Å². The summed E-state index contributed by atoms with van der Waals surface area (Å²) < 4.78 is 40.0. The average Bonchev–Trinajstić information content (AvgIpc) is 2.92. The van der Waals surface area contributed by atoms with Gasteiger partial charge >= 0.3 is 6.18 Å². The maximum Gasteiger partial charge on any atom is 0.416 e. The standard InChI is InChI=1S/C22H26ClF3N2/c1-15(2)16-4-6-17(7-5-16)21(28-12-3-10-27-11-13-28)19-14-18(22(24,25)26)8-9-20(19)23/h4-9,14-15,21,27H,3,10-13H2,1-2H3. The predicted octanol–water partition coefficient (Wildman–Crippen LogP) is 5.87. The fraction of sp³-hybridized carbons (Fsp3) is 0.455. The first kappa shape index (κ1) is 21.2. The molecule has 0 amide bonds. The topological polar surface area (TPSA) is 15.3 Å². The summed E-state index contributed by atoms with van der Waals surface area (Å²) in [4.78, 5) is 2.23. The summed E-state index contributed by atoms with van der Waals surface area (Å²) in [5, 5.41) is 3.72. The van der Waals surface area contributed by atoms with Crippen molar-refractivity contribution in [2.24, 2.45) is 0 Å². The second kappa shape index (κ2) is 8.85. The van der Waals surface area contributed by atoms with Crippen LogP contribution in [0.15, 0.2) is 42.5 Å². The molecule has 1 atom stereocenters. The zero-order valence-corrected chi connectivity index (χ0v) is 16.9. The van der Waals surface area contributed by atoms with Crippen LogP contribution in [0.3, 0.4) is 0 Å². The maximum absolute atomic E-state index is 13.3. The largest absolute Gasteiger partial charge is 0.416 e. The van der Waals surface area contributed by atoms with Crippen LogP contribution in [0.5, 0.6) is 0 Å². The number of hydrogen-bond donors (Lipinski definition) is 1. The molecule has 1 N–H and O–H groups in total. The van der Waals surface area contributed by atoms with Gasteiger partial charge in [-0.25, -0.2) is 0 Å². The van der Waals surface area contributed by atoms with Crippen LogP contribution in [0.4, 0.5) is 13.2 Å². The molecule has 0 saturated carbocycles. The van der Waals surface area contributed by atoms with E-state index >= 15 is 0 Å². The fourth-order valence-corrected chi connectivity index (χ4v) is 3.93. The van der Waals surface area contributed by atoms with Gasteiger partial charge in [0, 0.05) is 24.7 Å². The van der Waals surface area contributed by atoms with E-state index in [2.05, 4.69) is 36.2 Å². The Labute approximate surface area is 169 Å². The van der Waals surface area contributed by atoms with Gasteiger partial charge in [0.25, 0.3) is 0 Å². The number of halogens is 4. The van der Waals surface area contributed by atoms with Gasteiger partial charge in [0.1, 0.15) is 0 Å². The summed E-state index contributed by atoms with van der Waals surface area (Å²) >= 11 is 6.42. The summed E-state index contributed by atoms with van der Waals surface area (Å²) in [6.07, 6.45) is -3.46. The first-order valence-electron chi connectivity index (χ1n) is 9.68. The van der Waals surface area contributed by atoms with Crippen molar-refractivity contribution < 1.29 is 13.2 Å². The number of nitrogens with zero attached hydrogens (tertiary/aromatic N) is 1. The van der Waals surface area contributed by atoms with Crippen LogP contribution in [-0.4, -0.2) is 31.1 Å². The fourth-order valence-electron chi connectivity index (χ4n) is 3.70. The minimum atomic E-state index is -4.40. The van der Waals surface area contributed by atoms with E-state index in [4.69, 9.17) is 11.6 Å². The zero-order chi connectivity index (χ0) is 20.3. The highest BCUT2D eigenvalue weighted by molar-refractivity contribution is 6.31. The monoisotopic (exact) mass is 410 g/mol. The van der Waals surface area contributed by atoms with Gasteiger partial charge in [0.05, 0.1) is 11.6 Å². The summed E-state index contributed by atoms with van der Waals surface area (Å²) in [7, 11) is 0. The van der Waals surface area contributed by atoms with Gasteiger partial charge in [-0.05, 0) is 53.8 Å². The normalized spacial score (nSPS) is 17.5. The molecule has 1 fully saturated rings. The van der Waals surface area contributed by atoms with Gasteiger partial charge in [0.15, 0.2) is 0 Å². The minimum Gasteiger partial charge on any atom is -0.315 e. The molecule has 6 heteroatoms. The zero-order valence-electron chi connectivity index (χ0n) is 16.2. The number of benzene rings is 2. The average molecular weight is 411 g/mol. The van der Waals surface area contributed by atoms with Gasteiger partial charge in [-0.15, -0.1) is 0 Å². The van der Waals surface area contributed by atoms with E-state index in [1.807, 2.05) is 12.1 Å². The van der Waals surface area contributed by atoms with E-state index in [0.29, 0.717) is 16.5 Å². The Bertz CT molecular complexity index is 779. The van der Waals surface area contributed by atoms with E-state index in [-0.39, 0.29) is 6.04 Å². The van der Waals surface area contributed by atoms with Gasteiger partial charge in [0.2, 0.25) is 0 Å². The van der Waals surface area contributed by atoms with Crippen LogP contribution in [0.25, 0.3) is 0 Å². The molecule has 152 valence electrons. The Morgan fingerprint density at radius 3 is 2.29 bits per heavy atom. The first-order valence-corrected chi connectivity index (χ1v) is 10.1. The molecule has 1 aliphatic heterocycles. The van der Waals surface area contributed by atoms with Crippen molar-refractivity contribution in [3.05, 3.63) is 69.7 Å². The Hall–Kier alpha value is -1.56. The van der Waals surface area contributed by atoms with Crippen LogP contribution in [0.1, 0.15) is 54.5 Å². The third-order valence-electron chi connectivity index (χ3n) is 5.28. The van der Waals surface area contributed by atoms with Crippen LogP contribution in [-0.2, 0) is 6.18 Å². The van der Waals surface area contributed by atoms with E-state index in [1.54, 1.807) is 0 Å². The highest BCUT2D eigenvalue weighted by Gasteiger charge is 2.33. The molecule has 0 aromatic heterocycles. The van der Waals surface area contributed by atoms with Crippen LogP contribution in [0, 0.1) is 0 Å². The van der Waals surface area contributed by atoms with E-state index in [9.17, 15) is 13.2 Å². The summed E-state index contributed by atoms with van der Waals surface area (Å²) in [6, 6.07) is 11.5. The molecule has 2 nitrogen and oxygen atoms in total. The molecule has 0 spiro atoms. The van der Waals surface area contributed by atoms with Crippen molar-refractivity contribution in [3.63, 3.8) is 0 Å². The lowest BCUT2D eigenvalue weighted by Gasteiger charge is -2.32. The molecular formula is C22H26ClF3N2. The molecule has 2 aromatic rings. The summed E-state index contributed by atoms with van der Waals surface area (Å²) in [6.45, 7) is 7.51. The van der Waals surface area contributed by atoms with E-state index in [1.165, 1.54) is 17.7 Å². The van der Waals surface area contributed by atoms with Crippen molar-refractivity contribution in [3.8, 4) is 0 Å². The van der Waals surface area contributed by atoms with E-state index < -0.39 is 11.7 Å². The van der Waals surface area contributed by atoms with Gasteiger partial charge in [-0.2, -0.15) is 13.2 Å². The molecular weight excluding hydrogens is 385 g/mol. The van der Waals surface area contributed by atoms with Crippen molar-refractivity contribution in [1.29, 1.82) is 0 Å². The minimum absolute atomic E-state index is 0.309. The van der Waals surface area contributed by atoms with Gasteiger partial charge in [-0.1, -0.05) is 49.7 Å². The van der Waals surface area contributed by atoms with Crippen molar-refractivity contribution in [2.45, 2.75) is 38.4 Å². The lowest BCUT2D eigenvalue weighted by atomic mass is 9.93. The molecule has 1 saturated heterocycles. The Morgan fingerprint density at radius 1 is 0.964 bits per heavy atom. The molecule has 3 rings (SSSR count). The Morgan fingerprint density at radius 2 is 1.64 bits per heavy atom. The molecule has 1 aliphatic rings. The second-order valence-corrected chi connectivity index (χ2v) is 8.00. The van der Waals surface area contributed by atoms with E-state index in [0.717, 1.165) is 44.2 Å². The van der Waals surface area contributed by atoms with Crippen molar-refractivity contribution in [1.82, 2.24) is 10.2 Å². The van der Waals surface area contributed by atoms with Gasteiger partial charge in [-0.3, -0.25) is 4.90 Å². The lowest BCUT2D eigenvalue weighted by Crippen LogP contribution is -2.33. The smallest absolute Gasteiger partial charge is 0.315 e. The third-order valence-corrected chi connectivity index (χ3v) is 5.62. The highest BCUT2D eigenvalue weighted by atomic mass is 35.5. The predicted molar refractivity (Wildman–Crippen MR) is 108 cm³/mol. The number of hydrogen-bond acceptors (Lipinski definition) is 2.